The van der Waals surface area contributed by atoms with Gasteiger partial charge in [0.2, 0.25) is 0 Å². The molecule has 0 radical (unpaired) electrons. The molecule has 0 heterocycles. The SMILES string of the molecule is CC1CCC(CCCCCCSCCCS(=O)(=O)O)C1. The summed E-state index contributed by atoms with van der Waals surface area (Å²) in [5, 5.41) is 0. The summed E-state index contributed by atoms with van der Waals surface area (Å²) in [6.45, 7) is 2.37. The van der Waals surface area contributed by atoms with Crippen LogP contribution in [-0.4, -0.2) is 30.2 Å². The zero-order valence-electron chi connectivity index (χ0n) is 12.7. The molecule has 0 bridgehead atoms. The Hall–Kier alpha value is 0.260. The van der Waals surface area contributed by atoms with Crippen LogP contribution in [0, 0.1) is 11.8 Å². The Morgan fingerprint density at radius 1 is 1.05 bits per heavy atom. The lowest BCUT2D eigenvalue weighted by Gasteiger charge is -2.08. The number of hydrogen-bond acceptors (Lipinski definition) is 3. The van der Waals surface area contributed by atoms with Crippen molar-refractivity contribution in [1.82, 2.24) is 0 Å². The first kappa shape index (κ1) is 18.3. The van der Waals surface area contributed by atoms with Gasteiger partial charge in [0.15, 0.2) is 0 Å². The van der Waals surface area contributed by atoms with Crippen LogP contribution < -0.4 is 0 Å². The lowest BCUT2D eigenvalue weighted by Crippen LogP contribution is -2.04. The Morgan fingerprint density at radius 2 is 1.75 bits per heavy atom. The zero-order valence-corrected chi connectivity index (χ0v) is 14.4. The summed E-state index contributed by atoms with van der Waals surface area (Å²) in [5.74, 6) is 3.81. The van der Waals surface area contributed by atoms with Gasteiger partial charge in [0.25, 0.3) is 10.1 Å². The van der Waals surface area contributed by atoms with Crippen molar-refractivity contribution in [3.8, 4) is 0 Å². The number of thioether (sulfide) groups is 1. The predicted octanol–water partition coefficient (Wildman–Crippen LogP) is 4.38. The van der Waals surface area contributed by atoms with E-state index in [2.05, 4.69) is 6.92 Å². The number of rotatable bonds is 11. The van der Waals surface area contributed by atoms with Crippen molar-refractivity contribution in [2.24, 2.45) is 11.8 Å². The van der Waals surface area contributed by atoms with Gasteiger partial charge in [0.05, 0.1) is 5.75 Å². The summed E-state index contributed by atoms with van der Waals surface area (Å²) in [4.78, 5) is 0. The molecule has 0 aliphatic heterocycles. The van der Waals surface area contributed by atoms with E-state index in [9.17, 15) is 8.42 Å². The van der Waals surface area contributed by atoms with Crippen LogP contribution in [0.3, 0.4) is 0 Å². The molecule has 120 valence electrons. The predicted molar refractivity (Wildman–Crippen MR) is 87.9 cm³/mol. The van der Waals surface area contributed by atoms with Gasteiger partial charge >= 0.3 is 0 Å². The van der Waals surface area contributed by atoms with Crippen LogP contribution in [0.2, 0.25) is 0 Å². The molecule has 1 N–H and O–H groups in total. The van der Waals surface area contributed by atoms with Crippen molar-refractivity contribution in [1.29, 1.82) is 0 Å². The van der Waals surface area contributed by atoms with Crippen LogP contribution >= 0.6 is 11.8 Å². The van der Waals surface area contributed by atoms with Crippen molar-refractivity contribution in [3.05, 3.63) is 0 Å². The fraction of sp³-hybridized carbons (Fsp3) is 1.00. The highest BCUT2D eigenvalue weighted by Crippen LogP contribution is 2.33. The van der Waals surface area contributed by atoms with E-state index in [1.54, 1.807) is 11.8 Å². The van der Waals surface area contributed by atoms with E-state index in [0.29, 0.717) is 6.42 Å². The number of hydrogen-bond donors (Lipinski definition) is 1. The highest BCUT2D eigenvalue weighted by Gasteiger charge is 2.20. The van der Waals surface area contributed by atoms with Crippen molar-refractivity contribution in [3.63, 3.8) is 0 Å². The lowest BCUT2D eigenvalue weighted by molar-refractivity contribution is 0.451. The molecule has 0 saturated heterocycles. The van der Waals surface area contributed by atoms with Gasteiger partial charge in [-0.2, -0.15) is 20.2 Å². The fourth-order valence-corrected chi connectivity index (χ4v) is 4.68. The van der Waals surface area contributed by atoms with Crippen molar-refractivity contribution >= 4 is 21.9 Å². The number of unbranched alkanes of at least 4 members (excludes halogenated alkanes) is 3. The Bertz CT molecular complexity index is 341. The monoisotopic (exact) mass is 322 g/mol. The molecule has 0 aromatic carbocycles. The largest absolute Gasteiger partial charge is 0.286 e. The second kappa shape index (κ2) is 10.1. The first-order chi connectivity index (χ1) is 9.47. The van der Waals surface area contributed by atoms with Crippen LogP contribution in [0.4, 0.5) is 0 Å². The van der Waals surface area contributed by atoms with E-state index in [4.69, 9.17) is 4.55 Å². The molecular formula is C15H30O3S2. The van der Waals surface area contributed by atoms with Crippen LogP contribution in [0.5, 0.6) is 0 Å². The van der Waals surface area contributed by atoms with Gasteiger partial charge in [-0.1, -0.05) is 45.4 Å². The van der Waals surface area contributed by atoms with Crippen molar-refractivity contribution in [2.75, 3.05) is 17.3 Å². The Balaban J connectivity index is 1.79. The van der Waals surface area contributed by atoms with Gasteiger partial charge < -0.3 is 0 Å². The summed E-state index contributed by atoms with van der Waals surface area (Å²) in [7, 11) is -3.75. The average molecular weight is 323 g/mol. The Kier molecular flexibility index (Phi) is 9.21. The van der Waals surface area contributed by atoms with Gasteiger partial charge in [0, 0.05) is 0 Å². The van der Waals surface area contributed by atoms with Crippen LogP contribution in [0.1, 0.15) is 64.7 Å². The minimum atomic E-state index is -3.75. The molecule has 2 unspecified atom stereocenters. The second-order valence-corrected chi connectivity index (χ2v) is 9.04. The molecule has 1 aliphatic carbocycles. The highest BCUT2D eigenvalue weighted by atomic mass is 32.2. The van der Waals surface area contributed by atoms with Gasteiger partial charge in [-0.25, -0.2) is 0 Å². The standard InChI is InChI=1S/C15H30O3S2/c1-14-8-9-15(13-14)7-4-2-3-5-10-19-11-6-12-20(16,17)18/h14-15H,2-13H2,1H3,(H,16,17,18). The first-order valence-electron chi connectivity index (χ1n) is 8.00. The molecule has 0 amide bonds. The summed E-state index contributed by atoms with van der Waals surface area (Å²) >= 11 is 1.80. The Morgan fingerprint density at radius 3 is 2.40 bits per heavy atom. The van der Waals surface area contributed by atoms with E-state index >= 15 is 0 Å². The Labute approximate surface area is 129 Å². The molecule has 0 aromatic rings. The van der Waals surface area contributed by atoms with Gasteiger partial charge in [0.1, 0.15) is 0 Å². The van der Waals surface area contributed by atoms with Crippen molar-refractivity contribution in [2.45, 2.75) is 64.7 Å². The quantitative estimate of drug-likeness (QED) is 0.453. The molecule has 5 heteroatoms. The third-order valence-corrected chi connectivity index (χ3v) is 6.10. The molecule has 1 aliphatic rings. The summed E-state index contributed by atoms with van der Waals surface area (Å²) < 4.78 is 29.6. The van der Waals surface area contributed by atoms with Crippen molar-refractivity contribution < 1.29 is 13.0 Å². The van der Waals surface area contributed by atoms with E-state index < -0.39 is 10.1 Å². The topological polar surface area (TPSA) is 54.4 Å². The summed E-state index contributed by atoms with van der Waals surface area (Å²) in [6.07, 6.45) is 11.6. The first-order valence-corrected chi connectivity index (χ1v) is 10.8. The van der Waals surface area contributed by atoms with Gasteiger partial charge in [-0.3, -0.25) is 4.55 Å². The van der Waals surface area contributed by atoms with Crippen LogP contribution in [0.15, 0.2) is 0 Å². The van der Waals surface area contributed by atoms with Crippen LogP contribution in [-0.2, 0) is 10.1 Å². The van der Waals surface area contributed by atoms with E-state index in [1.165, 1.54) is 51.4 Å². The molecule has 0 spiro atoms. The maximum Gasteiger partial charge on any atom is 0.264 e. The van der Waals surface area contributed by atoms with Crippen LogP contribution in [0.25, 0.3) is 0 Å². The normalized spacial score (nSPS) is 23.3. The third-order valence-electron chi connectivity index (χ3n) is 4.15. The molecule has 1 fully saturated rings. The van der Waals surface area contributed by atoms with E-state index in [1.807, 2.05) is 0 Å². The molecule has 3 nitrogen and oxygen atoms in total. The smallest absolute Gasteiger partial charge is 0.264 e. The summed E-state index contributed by atoms with van der Waals surface area (Å²) in [5.41, 5.74) is 0. The molecule has 1 rings (SSSR count). The maximum absolute atomic E-state index is 10.5. The average Bonchev–Trinajstić information content (AvgIpc) is 2.76. The third kappa shape index (κ3) is 10.1. The second-order valence-electron chi connectivity index (χ2n) is 6.24. The fourth-order valence-electron chi connectivity index (χ4n) is 3.02. The molecule has 20 heavy (non-hydrogen) atoms. The molecule has 1 saturated carbocycles. The van der Waals surface area contributed by atoms with Gasteiger partial charge in [-0.15, -0.1) is 0 Å². The highest BCUT2D eigenvalue weighted by molar-refractivity contribution is 7.99. The van der Waals surface area contributed by atoms with Gasteiger partial charge in [-0.05, 0) is 42.6 Å². The maximum atomic E-state index is 10.5. The van der Waals surface area contributed by atoms with E-state index in [0.717, 1.165) is 23.3 Å². The minimum Gasteiger partial charge on any atom is -0.286 e. The molecule has 2 atom stereocenters. The molecule has 0 aromatic heterocycles. The zero-order chi connectivity index (χ0) is 14.8. The lowest BCUT2D eigenvalue weighted by atomic mass is 9.98. The van der Waals surface area contributed by atoms with E-state index in [-0.39, 0.29) is 5.75 Å². The molecular weight excluding hydrogens is 292 g/mol. The summed E-state index contributed by atoms with van der Waals surface area (Å²) in [6, 6.07) is 0. The minimum absolute atomic E-state index is 0.0974.